The minimum absolute atomic E-state index is 0.00868. The van der Waals surface area contributed by atoms with Crippen LogP contribution in [0.1, 0.15) is 48.9 Å². The highest BCUT2D eigenvalue weighted by Gasteiger charge is 2.37. The molecular formula is C24H29ClF2N4O6. The second-order valence-corrected chi connectivity index (χ2v) is 9.65. The van der Waals surface area contributed by atoms with Crippen molar-refractivity contribution in [2.24, 2.45) is 11.8 Å². The Morgan fingerprint density at radius 3 is 2.65 bits per heavy atom. The van der Waals surface area contributed by atoms with Gasteiger partial charge in [0.1, 0.15) is 0 Å². The normalized spacial score (nSPS) is 21.4. The Balaban J connectivity index is 1.70. The number of carbonyl (C=O) groups is 5. The molecule has 37 heavy (non-hydrogen) atoms. The fraction of sp³-hybridized carbons (Fsp3) is 0.542. The summed E-state index contributed by atoms with van der Waals surface area (Å²) in [6.07, 6.45) is -0.316. The van der Waals surface area contributed by atoms with Crippen molar-refractivity contribution in [3.05, 3.63) is 28.8 Å². The quantitative estimate of drug-likeness (QED) is 0.353. The molecule has 2 aliphatic rings. The number of hydrogen-bond donors (Lipinski definition) is 4. The van der Waals surface area contributed by atoms with E-state index in [1.165, 1.54) is 25.2 Å². The standard InChI is InChI=1S/C24H29ClF2N4O6/c1-28-22(35)19(32)18(9-14-6-8-29-20(14)33)30-21(34)16-10-15(25)4-5-17(16)31-23(36)37-12-13-3-2-7-24(26,27)11-13/h4-5,10,13-14,18H,2-3,6-9,11-12H2,1H3,(H,28,35)(H,29,33)(H,30,34)(H,31,36). The van der Waals surface area contributed by atoms with Crippen molar-refractivity contribution in [2.45, 2.75) is 50.5 Å². The van der Waals surface area contributed by atoms with Gasteiger partial charge in [-0.3, -0.25) is 24.5 Å². The molecule has 0 radical (unpaired) electrons. The van der Waals surface area contributed by atoms with Crippen LogP contribution in [-0.2, 0) is 19.1 Å². The Labute approximate surface area is 217 Å². The monoisotopic (exact) mass is 542 g/mol. The van der Waals surface area contributed by atoms with Crippen molar-refractivity contribution in [2.75, 3.05) is 25.5 Å². The van der Waals surface area contributed by atoms with Crippen LogP contribution in [0.25, 0.3) is 0 Å². The number of anilines is 1. The van der Waals surface area contributed by atoms with Crippen molar-refractivity contribution in [3.8, 4) is 0 Å². The van der Waals surface area contributed by atoms with Gasteiger partial charge >= 0.3 is 6.09 Å². The van der Waals surface area contributed by atoms with Crippen LogP contribution in [0.3, 0.4) is 0 Å². The molecule has 3 atom stereocenters. The number of hydrogen-bond acceptors (Lipinski definition) is 6. The third-order valence-electron chi connectivity index (χ3n) is 6.41. The average Bonchev–Trinajstić information content (AvgIpc) is 3.25. The summed E-state index contributed by atoms with van der Waals surface area (Å²) < 4.78 is 32.3. The Hall–Kier alpha value is -3.28. The number of alkyl halides is 2. The smallest absolute Gasteiger partial charge is 0.411 e. The Kier molecular flexibility index (Phi) is 9.41. The van der Waals surface area contributed by atoms with Gasteiger partial charge in [-0.05, 0) is 49.8 Å². The van der Waals surface area contributed by atoms with Crippen LogP contribution in [0, 0.1) is 11.8 Å². The number of amides is 4. The number of likely N-dealkylation sites (N-methyl/N-ethyl adjacent to an activating group) is 1. The Morgan fingerprint density at radius 2 is 2.00 bits per heavy atom. The molecule has 1 saturated heterocycles. The maximum Gasteiger partial charge on any atom is 0.411 e. The van der Waals surface area contributed by atoms with E-state index in [9.17, 15) is 32.8 Å². The maximum atomic E-state index is 13.6. The summed E-state index contributed by atoms with van der Waals surface area (Å²) in [6, 6.07) is 2.68. The van der Waals surface area contributed by atoms with E-state index in [4.69, 9.17) is 16.3 Å². The maximum absolute atomic E-state index is 13.6. The lowest BCUT2D eigenvalue weighted by Crippen LogP contribution is -2.48. The zero-order chi connectivity index (χ0) is 27.2. The molecule has 4 amide bonds. The number of Topliss-reactive ketones (excluding diaryl/α,β-unsaturated/α-hetero) is 1. The van der Waals surface area contributed by atoms with Gasteiger partial charge in [0.2, 0.25) is 17.6 Å². The minimum Gasteiger partial charge on any atom is -0.449 e. The van der Waals surface area contributed by atoms with Crippen LogP contribution in [0.4, 0.5) is 19.3 Å². The fourth-order valence-electron chi connectivity index (χ4n) is 4.47. The van der Waals surface area contributed by atoms with Gasteiger partial charge in [0.05, 0.1) is 23.9 Å². The first-order valence-corrected chi connectivity index (χ1v) is 12.3. The zero-order valence-electron chi connectivity index (χ0n) is 20.2. The molecule has 202 valence electrons. The number of ketones is 1. The molecule has 4 N–H and O–H groups in total. The van der Waals surface area contributed by atoms with Gasteiger partial charge in [-0.25, -0.2) is 13.6 Å². The van der Waals surface area contributed by atoms with Crippen molar-refractivity contribution >= 4 is 46.9 Å². The molecule has 2 fully saturated rings. The predicted octanol–water partition coefficient (Wildman–Crippen LogP) is 2.65. The van der Waals surface area contributed by atoms with Crippen LogP contribution in [0.5, 0.6) is 0 Å². The Bertz CT molecular complexity index is 1070. The molecule has 1 heterocycles. The van der Waals surface area contributed by atoms with Crippen molar-refractivity contribution in [1.29, 1.82) is 0 Å². The van der Waals surface area contributed by atoms with E-state index in [2.05, 4.69) is 21.3 Å². The topological polar surface area (TPSA) is 143 Å². The Morgan fingerprint density at radius 1 is 1.24 bits per heavy atom. The largest absolute Gasteiger partial charge is 0.449 e. The first-order chi connectivity index (χ1) is 17.5. The van der Waals surface area contributed by atoms with Gasteiger partial charge in [-0.2, -0.15) is 0 Å². The lowest BCUT2D eigenvalue weighted by molar-refractivity contribution is -0.139. The molecule has 0 bridgehead atoms. The van der Waals surface area contributed by atoms with Gasteiger partial charge in [0, 0.05) is 37.4 Å². The lowest BCUT2D eigenvalue weighted by atomic mass is 9.87. The second kappa shape index (κ2) is 12.3. The third kappa shape index (κ3) is 7.85. The number of carbonyl (C=O) groups excluding carboxylic acids is 5. The number of rotatable bonds is 9. The summed E-state index contributed by atoms with van der Waals surface area (Å²) >= 11 is 6.04. The fourth-order valence-corrected chi connectivity index (χ4v) is 4.65. The van der Waals surface area contributed by atoms with Crippen LogP contribution in [0.2, 0.25) is 5.02 Å². The molecule has 3 unspecified atom stereocenters. The van der Waals surface area contributed by atoms with Crippen LogP contribution in [-0.4, -0.2) is 61.8 Å². The first-order valence-electron chi connectivity index (χ1n) is 11.9. The number of nitrogens with one attached hydrogen (secondary N) is 4. The van der Waals surface area contributed by atoms with E-state index in [1.807, 2.05) is 0 Å². The number of benzene rings is 1. The zero-order valence-corrected chi connectivity index (χ0v) is 21.0. The van der Waals surface area contributed by atoms with Gasteiger partial charge in [-0.15, -0.1) is 0 Å². The summed E-state index contributed by atoms with van der Waals surface area (Å²) in [5.74, 6) is -6.82. The van der Waals surface area contributed by atoms with Crippen LogP contribution < -0.4 is 21.3 Å². The molecule has 1 aromatic rings. The van der Waals surface area contributed by atoms with E-state index in [-0.39, 0.29) is 48.0 Å². The SMILES string of the molecule is CNC(=O)C(=O)C(CC1CCNC1=O)NC(=O)c1cc(Cl)ccc1NC(=O)OCC1CCCC(F)(F)C1. The van der Waals surface area contributed by atoms with E-state index in [0.717, 1.165) is 0 Å². The van der Waals surface area contributed by atoms with Gasteiger partial charge < -0.3 is 20.7 Å². The second-order valence-electron chi connectivity index (χ2n) is 9.21. The van der Waals surface area contributed by atoms with Gasteiger partial charge in [0.15, 0.2) is 0 Å². The molecule has 0 aromatic heterocycles. The summed E-state index contributed by atoms with van der Waals surface area (Å²) in [6.45, 7) is 0.212. The third-order valence-corrected chi connectivity index (χ3v) is 6.65. The predicted molar refractivity (Wildman–Crippen MR) is 129 cm³/mol. The highest BCUT2D eigenvalue weighted by Crippen LogP contribution is 2.36. The molecule has 1 aliphatic carbocycles. The number of halogens is 3. The average molecular weight is 543 g/mol. The highest BCUT2D eigenvalue weighted by molar-refractivity contribution is 6.38. The minimum atomic E-state index is -2.79. The van der Waals surface area contributed by atoms with E-state index < -0.39 is 47.5 Å². The summed E-state index contributed by atoms with van der Waals surface area (Å²) in [5.41, 5.74) is -0.134. The molecule has 1 saturated carbocycles. The highest BCUT2D eigenvalue weighted by atomic mass is 35.5. The van der Waals surface area contributed by atoms with Crippen molar-refractivity contribution < 1.29 is 37.5 Å². The van der Waals surface area contributed by atoms with Crippen molar-refractivity contribution in [3.63, 3.8) is 0 Å². The van der Waals surface area contributed by atoms with E-state index in [0.29, 0.717) is 25.8 Å². The summed E-state index contributed by atoms with van der Waals surface area (Å²) in [5, 5.41) is 9.86. The summed E-state index contributed by atoms with van der Waals surface area (Å²) in [4.78, 5) is 62.1. The molecular weight excluding hydrogens is 514 g/mol. The molecule has 10 nitrogen and oxygen atoms in total. The van der Waals surface area contributed by atoms with Crippen molar-refractivity contribution in [1.82, 2.24) is 16.0 Å². The number of ether oxygens (including phenoxy) is 1. The molecule has 13 heteroatoms. The lowest BCUT2D eigenvalue weighted by Gasteiger charge is -2.28. The van der Waals surface area contributed by atoms with Gasteiger partial charge in [-0.1, -0.05) is 11.6 Å². The molecule has 1 aliphatic heterocycles. The molecule has 0 spiro atoms. The van der Waals surface area contributed by atoms with E-state index in [1.54, 1.807) is 0 Å². The van der Waals surface area contributed by atoms with Crippen LogP contribution >= 0.6 is 11.6 Å². The molecule has 3 rings (SSSR count). The summed E-state index contributed by atoms with van der Waals surface area (Å²) in [7, 11) is 1.26. The van der Waals surface area contributed by atoms with Crippen LogP contribution in [0.15, 0.2) is 18.2 Å². The first kappa shape index (κ1) is 28.3. The van der Waals surface area contributed by atoms with E-state index >= 15 is 0 Å². The molecule has 1 aromatic carbocycles. The van der Waals surface area contributed by atoms with Gasteiger partial charge in [0.25, 0.3) is 11.8 Å².